The summed E-state index contributed by atoms with van der Waals surface area (Å²) in [5.41, 5.74) is 1.65. The van der Waals surface area contributed by atoms with Crippen LogP contribution in [0.1, 0.15) is 23.1 Å². The van der Waals surface area contributed by atoms with E-state index >= 15 is 0 Å². The summed E-state index contributed by atoms with van der Waals surface area (Å²) < 4.78 is 0. The van der Waals surface area contributed by atoms with Gasteiger partial charge in [0.15, 0.2) is 5.60 Å². The van der Waals surface area contributed by atoms with E-state index < -0.39 is 11.6 Å². The molecule has 1 unspecified atom stereocenters. The summed E-state index contributed by atoms with van der Waals surface area (Å²) in [7, 11) is 0. The van der Waals surface area contributed by atoms with Gasteiger partial charge in [-0.05, 0) is 36.5 Å². The molecule has 2 rings (SSSR count). The maximum absolute atomic E-state index is 10.9. The first-order valence-corrected chi connectivity index (χ1v) is 5.06. The average molecular weight is 206 g/mol. The zero-order valence-electron chi connectivity index (χ0n) is 8.66. The molecule has 1 aliphatic rings. The largest absolute Gasteiger partial charge is 0.479 e. The number of hydrogen-bond donors (Lipinski definition) is 2. The van der Waals surface area contributed by atoms with Crippen LogP contribution < -0.4 is 0 Å². The van der Waals surface area contributed by atoms with Gasteiger partial charge in [0.1, 0.15) is 0 Å². The van der Waals surface area contributed by atoms with Gasteiger partial charge in [0.25, 0.3) is 0 Å². The maximum atomic E-state index is 10.9. The van der Waals surface area contributed by atoms with E-state index in [4.69, 9.17) is 5.11 Å². The Kier molecular flexibility index (Phi) is 2.27. The van der Waals surface area contributed by atoms with Crippen molar-refractivity contribution in [3.8, 4) is 0 Å². The van der Waals surface area contributed by atoms with Gasteiger partial charge in [-0.15, -0.1) is 0 Å². The number of aliphatic carboxylic acids is 1. The molecule has 2 N–H and O–H groups in total. The van der Waals surface area contributed by atoms with Crippen LogP contribution in [0.3, 0.4) is 0 Å². The van der Waals surface area contributed by atoms with Gasteiger partial charge >= 0.3 is 5.97 Å². The third-order valence-electron chi connectivity index (χ3n) is 3.18. The molecule has 80 valence electrons. The molecule has 0 amide bonds. The van der Waals surface area contributed by atoms with Crippen LogP contribution >= 0.6 is 0 Å². The molecule has 1 atom stereocenters. The number of benzene rings is 1. The highest BCUT2D eigenvalue weighted by Crippen LogP contribution is 2.30. The van der Waals surface area contributed by atoms with Crippen LogP contribution in [-0.4, -0.2) is 21.8 Å². The quantitative estimate of drug-likeness (QED) is 0.728. The van der Waals surface area contributed by atoms with Crippen molar-refractivity contribution in [2.75, 3.05) is 0 Å². The SMILES string of the molecule is Cc1cccc2c1CC(O)(C(=O)O)CC2. The van der Waals surface area contributed by atoms with Crippen molar-refractivity contribution in [1.82, 2.24) is 0 Å². The molecule has 3 heteroatoms. The predicted molar refractivity (Wildman–Crippen MR) is 55.8 cm³/mol. The lowest BCUT2D eigenvalue weighted by Gasteiger charge is -2.30. The van der Waals surface area contributed by atoms with Crippen molar-refractivity contribution in [2.45, 2.75) is 31.8 Å². The summed E-state index contributed by atoms with van der Waals surface area (Å²) in [6.45, 7) is 1.95. The van der Waals surface area contributed by atoms with Crippen LogP contribution in [0.4, 0.5) is 0 Å². The fourth-order valence-corrected chi connectivity index (χ4v) is 2.16. The minimum absolute atomic E-state index is 0.227. The summed E-state index contributed by atoms with van der Waals surface area (Å²) in [6.07, 6.45) is 1.17. The molecule has 1 aromatic rings. The number of fused-ring (bicyclic) bond motifs is 1. The van der Waals surface area contributed by atoms with Crippen LogP contribution in [0.15, 0.2) is 18.2 Å². The molecular formula is C12H14O3. The average Bonchev–Trinajstić information content (AvgIpc) is 2.19. The summed E-state index contributed by atoms with van der Waals surface area (Å²) in [5, 5.41) is 18.9. The molecular weight excluding hydrogens is 192 g/mol. The Labute approximate surface area is 88.4 Å². The van der Waals surface area contributed by atoms with Crippen LogP contribution in [0, 0.1) is 6.92 Å². The van der Waals surface area contributed by atoms with Crippen LogP contribution in [-0.2, 0) is 17.6 Å². The summed E-state index contributed by atoms with van der Waals surface area (Å²) in [4.78, 5) is 10.9. The van der Waals surface area contributed by atoms with Gasteiger partial charge in [-0.2, -0.15) is 0 Å². The number of aliphatic hydroxyl groups is 1. The van der Waals surface area contributed by atoms with Crippen molar-refractivity contribution >= 4 is 5.97 Å². The minimum atomic E-state index is -1.57. The summed E-state index contributed by atoms with van der Waals surface area (Å²) in [6, 6.07) is 5.93. The Balaban J connectivity index is 2.42. The molecule has 0 aromatic heterocycles. The molecule has 1 aromatic carbocycles. The molecule has 1 aliphatic carbocycles. The fourth-order valence-electron chi connectivity index (χ4n) is 2.16. The van der Waals surface area contributed by atoms with E-state index in [0.29, 0.717) is 12.8 Å². The second kappa shape index (κ2) is 3.35. The second-order valence-corrected chi connectivity index (χ2v) is 4.23. The lowest BCUT2D eigenvalue weighted by molar-refractivity contribution is -0.159. The number of carboxylic acids is 1. The third-order valence-corrected chi connectivity index (χ3v) is 3.18. The zero-order valence-corrected chi connectivity index (χ0v) is 8.66. The lowest BCUT2D eigenvalue weighted by atomic mass is 9.79. The number of hydrogen-bond acceptors (Lipinski definition) is 2. The third kappa shape index (κ3) is 1.63. The van der Waals surface area contributed by atoms with Crippen LogP contribution in [0.2, 0.25) is 0 Å². The Morgan fingerprint density at radius 3 is 2.87 bits per heavy atom. The molecule has 0 radical (unpaired) electrons. The van der Waals surface area contributed by atoms with E-state index in [1.54, 1.807) is 0 Å². The summed E-state index contributed by atoms with van der Waals surface area (Å²) in [5.74, 6) is -1.11. The van der Waals surface area contributed by atoms with Gasteiger partial charge < -0.3 is 10.2 Å². The standard InChI is InChI=1S/C12H14O3/c1-8-3-2-4-9-5-6-12(15,11(13)14)7-10(8)9/h2-4,15H,5-7H2,1H3,(H,13,14). The van der Waals surface area contributed by atoms with Crippen LogP contribution in [0.25, 0.3) is 0 Å². The molecule has 0 saturated heterocycles. The topological polar surface area (TPSA) is 57.5 Å². The Hall–Kier alpha value is -1.35. The van der Waals surface area contributed by atoms with Crippen molar-refractivity contribution in [1.29, 1.82) is 0 Å². The summed E-state index contributed by atoms with van der Waals surface area (Å²) >= 11 is 0. The van der Waals surface area contributed by atoms with E-state index in [1.807, 2.05) is 25.1 Å². The highest BCUT2D eigenvalue weighted by Gasteiger charge is 2.39. The highest BCUT2D eigenvalue weighted by atomic mass is 16.4. The molecule has 15 heavy (non-hydrogen) atoms. The van der Waals surface area contributed by atoms with Gasteiger partial charge in [0, 0.05) is 6.42 Å². The van der Waals surface area contributed by atoms with Crippen molar-refractivity contribution < 1.29 is 15.0 Å². The van der Waals surface area contributed by atoms with E-state index in [2.05, 4.69) is 0 Å². The first-order valence-electron chi connectivity index (χ1n) is 5.06. The van der Waals surface area contributed by atoms with E-state index in [1.165, 1.54) is 5.56 Å². The number of rotatable bonds is 1. The van der Waals surface area contributed by atoms with Gasteiger partial charge in [0.05, 0.1) is 0 Å². The van der Waals surface area contributed by atoms with Gasteiger partial charge in [-0.25, -0.2) is 4.79 Å². The molecule has 3 nitrogen and oxygen atoms in total. The molecule has 0 saturated carbocycles. The fraction of sp³-hybridized carbons (Fsp3) is 0.417. The molecule has 0 heterocycles. The molecule has 0 fully saturated rings. The van der Waals surface area contributed by atoms with E-state index in [-0.39, 0.29) is 6.42 Å². The van der Waals surface area contributed by atoms with Crippen LogP contribution in [0.5, 0.6) is 0 Å². The maximum Gasteiger partial charge on any atom is 0.336 e. The monoisotopic (exact) mass is 206 g/mol. The Bertz CT molecular complexity index is 411. The number of aryl methyl sites for hydroxylation is 2. The highest BCUT2D eigenvalue weighted by molar-refractivity contribution is 5.78. The normalized spacial score (nSPS) is 24.7. The van der Waals surface area contributed by atoms with Gasteiger partial charge in [-0.3, -0.25) is 0 Å². The second-order valence-electron chi connectivity index (χ2n) is 4.23. The molecule has 0 bridgehead atoms. The molecule has 0 spiro atoms. The van der Waals surface area contributed by atoms with Crippen molar-refractivity contribution in [2.24, 2.45) is 0 Å². The van der Waals surface area contributed by atoms with Crippen molar-refractivity contribution in [3.05, 3.63) is 34.9 Å². The molecule has 0 aliphatic heterocycles. The smallest absolute Gasteiger partial charge is 0.336 e. The minimum Gasteiger partial charge on any atom is -0.479 e. The zero-order chi connectivity index (χ0) is 11.1. The van der Waals surface area contributed by atoms with Gasteiger partial charge in [0.2, 0.25) is 0 Å². The number of carboxylic acid groups (broad SMARTS) is 1. The predicted octanol–water partition coefficient (Wildman–Crippen LogP) is 1.30. The van der Waals surface area contributed by atoms with Crippen molar-refractivity contribution in [3.63, 3.8) is 0 Å². The van der Waals surface area contributed by atoms with E-state index in [0.717, 1.165) is 11.1 Å². The first-order chi connectivity index (χ1) is 7.03. The lowest BCUT2D eigenvalue weighted by Crippen LogP contribution is -2.44. The first kappa shape index (κ1) is 10.2. The number of carbonyl (C=O) groups is 1. The Morgan fingerprint density at radius 1 is 1.47 bits per heavy atom. The van der Waals surface area contributed by atoms with Gasteiger partial charge in [-0.1, -0.05) is 18.2 Å². The van der Waals surface area contributed by atoms with E-state index in [9.17, 15) is 9.90 Å². The Morgan fingerprint density at radius 2 is 2.20 bits per heavy atom.